The number of likely N-dealkylation sites (tertiary alicyclic amines) is 1. The lowest BCUT2D eigenvalue weighted by atomic mass is 9.87. The highest BCUT2D eigenvalue weighted by atomic mass is 32.2. The van der Waals surface area contributed by atoms with E-state index in [9.17, 15) is 17.6 Å². The van der Waals surface area contributed by atoms with Gasteiger partial charge in [0, 0.05) is 25.8 Å². The molecule has 6 nitrogen and oxygen atoms in total. The van der Waals surface area contributed by atoms with E-state index in [2.05, 4.69) is 4.98 Å². The quantitative estimate of drug-likeness (QED) is 0.812. The standard InChI is InChI=1S/C15H20FN3O3S/c1-23(21,22)19-9-3-6-15(19)5-2-8-18(11-15)14(20)12-4-7-17-10-13(12)16/h4,7,10H,2-3,5-6,8-9,11H2,1H3/t15-/m0/s1. The molecule has 3 rings (SSSR count). The van der Waals surface area contributed by atoms with E-state index in [1.165, 1.54) is 22.8 Å². The highest BCUT2D eigenvalue weighted by Crippen LogP contribution is 2.39. The predicted octanol–water partition coefficient (Wildman–Crippen LogP) is 1.25. The van der Waals surface area contributed by atoms with E-state index in [1.54, 1.807) is 4.90 Å². The van der Waals surface area contributed by atoms with Crippen LogP contribution in [0.15, 0.2) is 18.5 Å². The van der Waals surface area contributed by atoms with Gasteiger partial charge in [0.1, 0.15) is 0 Å². The highest BCUT2D eigenvalue weighted by Gasteiger charge is 2.48. The van der Waals surface area contributed by atoms with E-state index in [4.69, 9.17) is 0 Å². The number of rotatable bonds is 2. The maximum absolute atomic E-state index is 13.8. The Balaban J connectivity index is 1.87. The number of piperidine rings is 1. The van der Waals surface area contributed by atoms with Gasteiger partial charge in [0.05, 0.1) is 23.6 Å². The number of nitrogens with zero attached hydrogens (tertiary/aromatic N) is 3. The van der Waals surface area contributed by atoms with E-state index in [0.717, 1.165) is 25.5 Å². The minimum atomic E-state index is -3.32. The second-order valence-corrected chi connectivity index (χ2v) is 8.26. The number of pyridine rings is 1. The van der Waals surface area contributed by atoms with Crippen molar-refractivity contribution in [1.82, 2.24) is 14.2 Å². The Morgan fingerprint density at radius 2 is 2.00 bits per heavy atom. The van der Waals surface area contributed by atoms with Crippen LogP contribution in [0.5, 0.6) is 0 Å². The van der Waals surface area contributed by atoms with Crippen molar-refractivity contribution >= 4 is 15.9 Å². The van der Waals surface area contributed by atoms with Gasteiger partial charge in [-0.05, 0) is 31.7 Å². The zero-order chi connectivity index (χ0) is 16.7. The molecule has 2 aliphatic heterocycles. The number of hydrogen-bond donors (Lipinski definition) is 0. The molecular weight excluding hydrogens is 321 g/mol. The number of carbonyl (C=O) groups is 1. The first kappa shape index (κ1) is 16.3. The van der Waals surface area contributed by atoms with Gasteiger partial charge in [-0.15, -0.1) is 0 Å². The highest BCUT2D eigenvalue weighted by molar-refractivity contribution is 7.88. The maximum atomic E-state index is 13.8. The summed E-state index contributed by atoms with van der Waals surface area (Å²) in [4.78, 5) is 17.8. The van der Waals surface area contributed by atoms with Gasteiger partial charge < -0.3 is 4.90 Å². The van der Waals surface area contributed by atoms with Crippen LogP contribution in [0.4, 0.5) is 4.39 Å². The predicted molar refractivity (Wildman–Crippen MR) is 82.8 cm³/mol. The molecule has 0 N–H and O–H groups in total. The number of aromatic nitrogens is 1. The summed E-state index contributed by atoms with van der Waals surface area (Å²) in [6.07, 6.45) is 6.59. The Bertz CT molecular complexity index is 724. The zero-order valence-electron chi connectivity index (χ0n) is 13.0. The molecule has 1 aromatic rings. The van der Waals surface area contributed by atoms with Gasteiger partial charge in [0.2, 0.25) is 10.0 Å². The van der Waals surface area contributed by atoms with Crippen molar-refractivity contribution in [2.45, 2.75) is 31.2 Å². The van der Waals surface area contributed by atoms with Crippen LogP contribution in [0.3, 0.4) is 0 Å². The molecule has 0 unspecified atom stereocenters. The van der Waals surface area contributed by atoms with E-state index in [1.807, 2.05) is 0 Å². The zero-order valence-corrected chi connectivity index (χ0v) is 13.9. The normalized spacial score (nSPS) is 25.9. The van der Waals surface area contributed by atoms with E-state index in [-0.39, 0.29) is 5.56 Å². The molecule has 0 saturated carbocycles. The lowest BCUT2D eigenvalue weighted by Crippen LogP contribution is -2.58. The molecule has 1 aromatic heterocycles. The fraction of sp³-hybridized carbons (Fsp3) is 0.600. The van der Waals surface area contributed by atoms with Crippen LogP contribution in [0, 0.1) is 5.82 Å². The molecule has 126 valence electrons. The minimum absolute atomic E-state index is 0.0130. The van der Waals surface area contributed by atoms with Crippen LogP contribution < -0.4 is 0 Å². The summed E-state index contributed by atoms with van der Waals surface area (Å²) >= 11 is 0. The van der Waals surface area contributed by atoms with E-state index >= 15 is 0 Å². The van der Waals surface area contributed by atoms with Crippen LogP contribution in [0.2, 0.25) is 0 Å². The van der Waals surface area contributed by atoms with Crippen LogP contribution in [0.1, 0.15) is 36.0 Å². The number of carbonyl (C=O) groups excluding carboxylic acids is 1. The third-order valence-electron chi connectivity index (χ3n) is 4.78. The molecule has 2 aliphatic rings. The summed E-state index contributed by atoms with van der Waals surface area (Å²) in [6.45, 7) is 1.32. The molecule has 0 bridgehead atoms. The number of amides is 1. The summed E-state index contributed by atoms with van der Waals surface area (Å²) in [6, 6.07) is 1.36. The summed E-state index contributed by atoms with van der Waals surface area (Å²) in [7, 11) is -3.32. The fourth-order valence-corrected chi connectivity index (χ4v) is 5.25. The molecule has 2 fully saturated rings. The molecule has 2 saturated heterocycles. The Labute approximate surface area is 135 Å². The third kappa shape index (κ3) is 2.97. The Morgan fingerprint density at radius 3 is 2.65 bits per heavy atom. The average molecular weight is 341 g/mol. The minimum Gasteiger partial charge on any atom is -0.337 e. The number of halogens is 1. The van der Waals surface area contributed by atoms with Crippen LogP contribution >= 0.6 is 0 Å². The van der Waals surface area contributed by atoms with Gasteiger partial charge in [-0.1, -0.05) is 0 Å². The molecule has 0 aliphatic carbocycles. The third-order valence-corrected chi connectivity index (χ3v) is 6.15. The Morgan fingerprint density at radius 1 is 1.30 bits per heavy atom. The van der Waals surface area contributed by atoms with Gasteiger partial charge in [-0.3, -0.25) is 9.78 Å². The van der Waals surface area contributed by atoms with Crippen molar-refractivity contribution in [3.8, 4) is 0 Å². The topological polar surface area (TPSA) is 70.6 Å². The lowest BCUT2D eigenvalue weighted by Gasteiger charge is -2.44. The van der Waals surface area contributed by atoms with E-state index < -0.39 is 27.3 Å². The van der Waals surface area contributed by atoms with Crippen molar-refractivity contribution in [2.24, 2.45) is 0 Å². The molecule has 1 spiro atoms. The monoisotopic (exact) mass is 341 g/mol. The first-order chi connectivity index (χ1) is 10.8. The summed E-state index contributed by atoms with van der Waals surface area (Å²) in [5, 5.41) is 0. The molecule has 8 heteroatoms. The Kier molecular flexibility index (Phi) is 4.14. The van der Waals surface area contributed by atoms with Gasteiger partial charge in [0.25, 0.3) is 5.91 Å². The van der Waals surface area contributed by atoms with Crippen molar-refractivity contribution in [3.05, 3.63) is 29.8 Å². The van der Waals surface area contributed by atoms with Crippen molar-refractivity contribution in [2.75, 3.05) is 25.9 Å². The number of sulfonamides is 1. The average Bonchev–Trinajstić information content (AvgIpc) is 2.90. The number of hydrogen-bond acceptors (Lipinski definition) is 4. The molecular formula is C15H20FN3O3S. The van der Waals surface area contributed by atoms with Crippen LogP contribution in [-0.4, -0.2) is 59.9 Å². The van der Waals surface area contributed by atoms with E-state index in [0.29, 0.717) is 26.1 Å². The largest absolute Gasteiger partial charge is 0.337 e. The molecule has 0 radical (unpaired) electrons. The second kappa shape index (κ2) is 5.83. The van der Waals surface area contributed by atoms with Gasteiger partial charge in [0.15, 0.2) is 5.82 Å². The molecule has 0 aromatic carbocycles. The lowest BCUT2D eigenvalue weighted by molar-refractivity contribution is 0.0520. The molecule has 23 heavy (non-hydrogen) atoms. The van der Waals surface area contributed by atoms with Crippen molar-refractivity contribution < 1.29 is 17.6 Å². The first-order valence-corrected chi connectivity index (χ1v) is 9.55. The molecule has 1 atom stereocenters. The maximum Gasteiger partial charge on any atom is 0.257 e. The summed E-state index contributed by atoms with van der Waals surface area (Å²) in [5.74, 6) is -1.05. The van der Waals surface area contributed by atoms with Crippen molar-refractivity contribution in [1.29, 1.82) is 0 Å². The van der Waals surface area contributed by atoms with Crippen LogP contribution in [-0.2, 0) is 10.0 Å². The second-order valence-electron chi connectivity index (χ2n) is 6.35. The summed E-state index contributed by atoms with van der Waals surface area (Å²) < 4.78 is 39.5. The van der Waals surface area contributed by atoms with Gasteiger partial charge in [-0.2, -0.15) is 4.31 Å². The SMILES string of the molecule is CS(=O)(=O)N1CCC[C@]12CCCN(C(=O)c1ccncc1F)C2. The van der Waals surface area contributed by atoms with Gasteiger partial charge >= 0.3 is 0 Å². The van der Waals surface area contributed by atoms with Crippen molar-refractivity contribution in [3.63, 3.8) is 0 Å². The summed E-state index contributed by atoms with van der Waals surface area (Å²) in [5.41, 5.74) is -0.550. The van der Waals surface area contributed by atoms with Gasteiger partial charge in [-0.25, -0.2) is 12.8 Å². The smallest absolute Gasteiger partial charge is 0.257 e. The first-order valence-electron chi connectivity index (χ1n) is 7.70. The fourth-order valence-electron chi connectivity index (χ4n) is 3.84. The molecule has 1 amide bonds. The van der Waals surface area contributed by atoms with Crippen LogP contribution in [0.25, 0.3) is 0 Å². The Hall–Kier alpha value is -1.54. The molecule has 3 heterocycles.